The second-order valence-electron chi connectivity index (χ2n) is 15.8. The van der Waals surface area contributed by atoms with Crippen LogP contribution in [0.1, 0.15) is 60.4 Å². The topological polar surface area (TPSA) is 218 Å². The number of aromatic nitrogens is 3. The van der Waals surface area contributed by atoms with Crippen molar-refractivity contribution >= 4 is 44.9 Å². The Balaban J connectivity index is 1.05. The van der Waals surface area contributed by atoms with Gasteiger partial charge in [0, 0.05) is 59.2 Å². The fourth-order valence-corrected chi connectivity index (χ4v) is 8.19. The van der Waals surface area contributed by atoms with E-state index in [2.05, 4.69) is 4.90 Å². The number of carbonyl (C=O) groups is 2. The Bertz CT molecular complexity index is 3050. The highest BCUT2D eigenvalue weighted by Gasteiger charge is 2.41. The van der Waals surface area contributed by atoms with Crippen molar-refractivity contribution in [3.63, 3.8) is 0 Å². The number of hydrogen-bond acceptors (Lipinski definition) is 12. The first-order valence-corrected chi connectivity index (χ1v) is 21.4. The van der Waals surface area contributed by atoms with Gasteiger partial charge in [-0.1, -0.05) is 80.6 Å². The summed E-state index contributed by atoms with van der Waals surface area (Å²) in [6.45, 7) is 6.34. The van der Waals surface area contributed by atoms with Gasteiger partial charge in [-0.25, -0.2) is 9.59 Å². The lowest BCUT2D eigenvalue weighted by molar-refractivity contribution is -0.669. The number of carbonyl (C=O) groups excluding carboxylic acids is 2. The summed E-state index contributed by atoms with van der Waals surface area (Å²) in [5.74, 6) is -3.26. The van der Waals surface area contributed by atoms with E-state index >= 15 is 0 Å². The molecule has 328 valence electrons. The number of fused-ring (bicyclic) bond motifs is 2. The average molecular weight is 888 g/mol. The lowest BCUT2D eigenvalue weighted by atomic mass is 9.83. The first-order chi connectivity index (χ1) is 30.5. The van der Waals surface area contributed by atoms with E-state index in [0.717, 1.165) is 28.0 Å². The zero-order valence-corrected chi connectivity index (χ0v) is 35.5. The zero-order valence-electron chi connectivity index (χ0n) is 34.7. The van der Waals surface area contributed by atoms with Gasteiger partial charge in [-0.3, -0.25) is 4.55 Å². The van der Waals surface area contributed by atoms with Crippen LogP contribution in [0, 0.1) is 0 Å². The number of allylic oxidation sites excluding steroid dienone is 3. The highest BCUT2D eigenvalue weighted by molar-refractivity contribution is 7.85. The van der Waals surface area contributed by atoms with E-state index in [9.17, 15) is 43.0 Å². The fraction of sp³-hybridized carbons (Fsp3) is 0.170. The molecule has 0 aliphatic carbocycles. The molecule has 16 nitrogen and oxygen atoms in total. The molecule has 0 bridgehead atoms. The molecule has 5 N–H and O–H groups in total. The van der Waals surface area contributed by atoms with E-state index in [1.165, 1.54) is 36.4 Å². The fourth-order valence-electron chi connectivity index (χ4n) is 7.68. The largest absolute Gasteiger partial charge is 0.492 e. The highest BCUT2D eigenvalue weighted by Crippen LogP contribution is 2.49. The number of nitrogens with zero attached hydrogens (tertiary/aromatic N) is 4. The first kappa shape index (κ1) is 42.9. The van der Waals surface area contributed by atoms with Gasteiger partial charge in [0.15, 0.2) is 6.54 Å². The van der Waals surface area contributed by atoms with Crippen molar-refractivity contribution in [2.75, 3.05) is 4.90 Å². The average Bonchev–Trinajstić information content (AvgIpc) is 3.95. The van der Waals surface area contributed by atoms with Crippen molar-refractivity contribution in [2.45, 2.75) is 56.5 Å². The third kappa shape index (κ3) is 8.53. The van der Waals surface area contributed by atoms with Crippen LogP contribution in [-0.4, -0.2) is 54.8 Å². The Morgan fingerprint density at radius 1 is 0.781 bits per heavy atom. The van der Waals surface area contributed by atoms with Crippen LogP contribution in [-0.2, 0) is 44.6 Å². The number of oxazole rings is 1. The number of rotatable bonds is 13. The quantitative estimate of drug-likeness (QED) is 0.0636. The van der Waals surface area contributed by atoms with Crippen LogP contribution >= 0.6 is 0 Å². The molecule has 0 amide bonds. The summed E-state index contributed by atoms with van der Waals surface area (Å²) in [5.41, 5.74) is 6.05. The molecule has 8 rings (SSSR count). The highest BCUT2D eigenvalue weighted by atomic mass is 32.2. The van der Waals surface area contributed by atoms with Gasteiger partial charge in [-0.05, 0) is 59.5 Å². The predicted molar refractivity (Wildman–Crippen MR) is 232 cm³/mol. The maximum atomic E-state index is 12.9. The Kier molecular flexibility index (Phi) is 11.3. The minimum atomic E-state index is -4.50. The molecule has 7 aromatic rings. The molecule has 0 saturated carbocycles. The number of anilines is 1. The second kappa shape index (κ2) is 16.8. The van der Waals surface area contributed by atoms with E-state index in [0.29, 0.717) is 50.7 Å². The summed E-state index contributed by atoms with van der Waals surface area (Å²) in [4.78, 5) is 37.6. The number of benzene rings is 4. The summed E-state index contributed by atoms with van der Waals surface area (Å²) < 4.78 is 44.1. The van der Waals surface area contributed by atoms with Crippen LogP contribution in [0.3, 0.4) is 0 Å². The predicted octanol–water partition coefficient (Wildman–Crippen LogP) is 6.29. The van der Waals surface area contributed by atoms with E-state index in [4.69, 9.17) is 14.1 Å². The normalized spacial score (nSPS) is 14.6. The maximum absolute atomic E-state index is 12.9. The van der Waals surface area contributed by atoms with Crippen molar-refractivity contribution in [1.82, 2.24) is 9.46 Å². The molecule has 1 unspecified atom stereocenters. The van der Waals surface area contributed by atoms with Crippen LogP contribution in [0.2, 0.25) is 0 Å². The smallest absolute Gasteiger partial charge is 0.374 e. The Morgan fingerprint density at radius 2 is 1.38 bits per heavy atom. The van der Waals surface area contributed by atoms with Gasteiger partial charge >= 0.3 is 17.8 Å². The molecule has 0 fully saturated rings. The van der Waals surface area contributed by atoms with E-state index in [1.54, 1.807) is 37.3 Å². The Hall–Kier alpha value is -7.76. The standard InChI is InChI=1S/C47H42N4O12S/c1-29(46(57)63-51-42(54)23-24-43(51)55)33-17-15-32(16-18-33)27-48-36-20-19-34(64(58,59)60)26-35(36)47(2,3)39(48)9-6-10-44-49(37-7-4-5-8-38(37)61-44)28-31-13-11-30(12-14-31)25-45(56)62-50-40(52)21-22-41(50)53/h4-24,26,29H,25,27-28H2,1-3H3,(H4-,52,53,54,55,58,59,60)/p+1. The van der Waals surface area contributed by atoms with Gasteiger partial charge in [0.25, 0.3) is 15.6 Å². The van der Waals surface area contributed by atoms with E-state index in [-0.39, 0.29) is 11.3 Å². The summed E-state index contributed by atoms with van der Waals surface area (Å²) in [5, 5.41) is 39.4. The number of aromatic hydroxyl groups is 4. The lowest BCUT2D eigenvalue weighted by Crippen LogP contribution is -2.35. The Morgan fingerprint density at radius 3 is 2.02 bits per heavy atom. The van der Waals surface area contributed by atoms with Gasteiger partial charge in [0.1, 0.15) is 0 Å². The molecule has 64 heavy (non-hydrogen) atoms. The molecule has 1 aliphatic rings. The minimum Gasteiger partial charge on any atom is -0.492 e. The second-order valence-corrected chi connectivity index (χ2v) is 17.2. The monoisotopic (exact) mass is 887 g/mol. The van der Waals surface area contributed by atoms with Crippen LogP contribution in [0.25, 0.3) is 17.2 Å². The lowest BCUT2D eigenvalue weighted by Gasteiger charge is -2.27. The molecule has 0 saturated heterocycles. The third-order valence-corrected chi connectivity index (χ3v) is 12.0. The zero-order chi connectivity index (χ0) is 45.5. The van der Waals surface area contributed by atoms with Crippen LogP contribution < -0.4 is 19.1 Å². The third-order valence-electron chi connectivity index (χ3n) is 11.1. The molecule has 4 heterocycles. The van der Waals surface area contributed by atoms with E-state index < -0.39 is 56.9 Å². The molecule has 17 heteroatoms. The SMILES string of the molecule is CC(C(=O)On1c(O)ccc1O)c1ccc(CN2/C(=C/C=C/c3oc4ccccc4[n+]3Cc3ccc(CC(=O)On4c(O)ccc4O)cc3)C(C)(C)c3cc(S(=O)(=O)O)ccc32)cc1. The van der Waals surface area contributed by atoms with Gasteiger partial charge in [0.2, 0.25) is 29.1 Å². The van der Waals surface area contributed by atoms with Crippen LogP contribution in [0.15, 0.2) is 142 Å². The molecule has 3 aromatic heterocycles. The number of hydrogen-bond donors (Lipinski definition) is 5. The minimum absolute atomic E-state index is 0.105. The molecule has 1 aliphatic heterocycles. The Labute approximate surface area is 366 Å². The van der Waals surface area contributed by atoms with Gasteiger partial charge in [-0.15, -0.1) is 9.46 Å². The van der Waals surface area contributed by atoms with Crippen molar-refractivity contribution in [2.24, 2.45) is 0 Å². The van der Waals surface area contributed by atoms with Crippen molar-refractivity contribution in [1.29, 1.82) is 0 Å². The summed E-state index contributed by atoms with van der Waals surface area (Å²) in [6, 6.07) is 31.6. The van der Waals surface area contributed by atoms with Crippen molar-refractivity contribution in [3.8, 4) is 23.5 Å². The van der Waals surface area contributed by atoms with Gasteiger partial charge < -0.3 is 39.4 Å². The molecule has 4 aromatic carbocycles. The maximum Gasteiger partial charge on any atom is 0.374 e. The summed E-state index contributed by atoms with van der Waals surface area (Å²) in [7, 11) is -4.50. The van der Waals surface area contributed by atoms with Gasteiger partial charge in [-0.2, -0.15) is 13.0 Å². The van der Waals surface area contributed by atoms with Crippen LogP contribution in [0.5, 0.6) is 23.5 Å². The van der Waals surface area contributed by atoms with E-state index in [1.807, 2.05) is 85.2 Å². The van der Waals surface area contributed by atoms with Crippen molar-refractivity contribution in [3.05, 3.63) is 167 Å². The van der Waals surface area contributed by atoms with Crippen LogP contribution in [0.4, 0.5) is 5.69 Å². The summed E-state index contributed by atoms with van der Waals surface area (Å²) >= 11 is 0. The number of para-hydroxylation sites is 2. The molecular weight excluding hydrogens is 845 g/mol. The van der Waals surface area contributed by atoms with Gasteiger partial charge in [0.05, 0.1) is 23.3 Å². The molecule has 0 radical (unpaired) electrons. The molecule has 0 spiro atoms. The molecular formula is C47H43N4O12S+. The van der Waals surface area contributed by atoms with Crippen molar-refractivity contribution < 1.29 is 61.6 Å². The summed E-state index contributed by atoms with van der Waals surface area (Å²) in [6.07, 6.45) is 5.53. The first-order valence-electron chi connectivity index (χ1n) is 20.0. The molecule has 1 atom stereocenters.